The summed E-state index contributed by atoms with van der Waals surface area (Å²) in [6.07, 6.45) is -9.56. The summed E-state index contributed by atoms with van der Waals surface area (Å²) in [7, 11) is 0. The van der Waals surface area contributed by atoms with Crippen LogP contribution in [-0.4, -0.2) is 35.8 Å². The number of hydrogen-bond acceptors (Lipinski definition) is 0. The predicted molar refractivity (Wildman–Crippen MR) is 75.6 cm³/mol. The number of benzene rings is 1. The van der Waals surface area contributed by atoms with Gasteiger partial charge >= 0.3 is 35.8 Å². The molecule has 1 aromatic carbocycles. The third-order valence-corrected chi connectivity index (χ3v) is 3.91. The normalized spacial score (nSPS) is 14.8. The Kier molecular flexibility index (Phi) is 6.39. The molecule has 0 aromatic heterocycles. The van der Waals surface area contributed by atoms with Gasteiger partial charge in [-0.1, -0.05) is 36.9 Å². The third-order valence-electron chi connectivity index (χ3n) is 3.91. The summed E-state index contributed by atoms with van der Waals surface area (Å²) in [6.45, 7) is 3.31. The van der Waals surface area contributed by atoms with Crippen LogP contribution in [0.4, 0.5) is 57.1 Å². The third kappa shape index (κ3) is 4.04. The van der Waals surface area contributed by atoms with Crippen LogP contribution in [0, 0.1) is 0 Å². The molecule has 0 N–H and O–H groups in total. The zero-order valence-electron chi connectivity index (χ0n) is 13.9. The zero-order chi connectivity index (χ0) is 23.1. The maximum Gasteiger partial charge on any atom is 0.460 e. The van der Waals surface area contributed by atoms with Crippen molar-refractivity contribution >= 4 is 6.08 Å². The number of hydrogen-bond donors (Lipinski definition) is 0. The highest BCUT2D eigenvalue weighted by Crippen LogP contribution is 2.60. The molecule has 166 valence electrons. The molecular formula is C16H11F13. The fourth-order valence-electron chi connectivity index (χ4n) is 2.14. The smallest absolute Gasteiger partial charge is 0.200 e. The molecule has 1 rings (SSSR count). The Bertz CT molecular complexity index is 731. The number of rotatable bonds is 8. The summed E-state index contributed by atoms with van der Waals surface area (Å²) < 4.78 is 169. The van der Waals surface area contributed by atoms with Gasteiger partial charge in [0.05, 0.1) is 0 Å². The SMILES string of the molecule is C=Cc1cccc(CCC(F)(F)C(F)(F)C(F)(F)C(F)(F)C(F)(F)C(F)(F)F)c1. The molecule has 0 fully saturated rings. The highest BCUT2D eigenvalue weighted by atomic mass is 19.4. The first-order chi connectivity index (χ1) is 12.8. The molecule has 0 aliphatic rings. The summed E-state index contributed by atoms with van der Waals surface area (Å²) in [5, 5.41) is 0. The van der Waals surface area contributed by atoms with Crippen LogP contribution in [0.25, 0.3) is 6.08 Å². The molecule has 0 bridgehead atoms. The summed E-state index contributed by atoms with van der Waals surface area (Å²) in [5.41, 5.74) is 0.132. The fraction of sp³-hybridized carbons (Fsp3) is 0.500. The summed E-state index contributed by atoms with van der Waals surface area (Å²) in [4.78, 5) is 0. The molecule has 13 heteroatoms. The van der Waals surface area contributed by atoms with Gasteiger partial charge in [-0.05, 0) is 17.5 Å². The van der Waals surface area contributed by atoms with Crippen molar-refractivity contribution in [2.45, 2.75) is 48.6 Å². The molecule has 0 nitrogen and oxygen atoms in total. The van der Waals surface area contributed by atoms with Gasteiger partial charge in [-0.15, -0.1) is 0 Å². The van der Waals surface area contributed by atoms with Crippen LogP contribution in [0.2, 0.25) is 0 Å². The van der Waals surface area contributed by atoms with Crippen LogP contribution in [0.1, 0.15) is 17.5 Å². The molecule has 29 heavy (non-hydrogen) atoms. The Morgan fingerprint density at radius 1 is 0.690 bits per heavy atom. The van der Waals surface area contributed by atoms with E-state index in [1.165, 1.54) is 18.2 Å². The van der Waals surface area contributed by atoms with Crippen molar-refractivity contribution in [3.63, 3.8) is 0 Å². The van der Waals surface area contributed by atoms with Gasteiger partial charge in [0.2, 0.25) is 0 Å². The fourth-order valence-corrected chi connectivity index (χ4v) is 2.14. The zero-order valence-corrected chi connectivity index (χ0v) is 13.9. The van der Waals surface area contributed by atoms with E-state index in [-0.39, 0.29) is 5.56 Å². The van der Waals surface area contributed by atoms with Crippen LogP contribution >= 0.6 is 0 Å². The first-order valence-corrected chi connectivity index (χ1v) is 7.43. The quantitative estimate of drug-likeness (QED) is 0.374. The minimum Gasteiger partial charge on any atom is -0.200 e. The summed E-state index contributed by atoms with van der Waals surface area (Å²) >= 11 is 0. The predicted octanol–water partition coefficient (Wildman–Crippen LogP) is 7.00. The maximum atomic E-state index is 13.7. The molecule has 0 saturated carbocycles. The highest BCUT2D eigenvalue weighted by Gasteiger charge is 2.90. The minimum absolute atomic E-state index is 0.159. The molecule has 0 atom stereocenters. The second kappa shape index (κ2) is 7.38. The lowest BCUT2D eigenvalue weighted by Gasteiger charge is -2.39. The van der Waals surface area contributed by atoms with E-state index in [1.807, 2.05) is 0 Å². The first kappa shape index (κ1) is 25.1. The lowest BCUT2D eigenvalue weighted by Crippen LogP contribution is -2.70. The van der Waals surface area contributed by atoms with Gasteiger partial charge in [0, 0.05) is 6.42 Å². The van der Waals surface area contributed by atoms with E-state index in [9.17, 15) is 57.1 Å². The van der Waals surface area contributed by atoms with E-state index in [0.29, 0.717) is 5.56 Å². The Labute approximate surface area is 155 Å². The van der Waals surface area contributed by atoms with Crippen molar-refractivity contribution in [2.75, 3.05) is 0 Å². The number of alkyl halides is 13. The van der Waals surface area contributed by atoms with Crippen molar-refractivity contribution in [2.24, 2.45) is 0 Å². The van der Waals surface area contributed by atoms with E-state index in [0.717, 1.165) is 12.1 Å². The number of aryl methyl sites for hydroxylation is 1. The van der Waals surface area contributed by atoms with Gasteiger partial charge < -0.3 is 0 Å². The average molecular weight is 450 g/mol. The Hall–Kier alpha value is -1.95. The molecular weight excluding hydrogens is 439 g/mol. The second-order valence-corrected chi connectivity index (χ2v) is 5.95. The van der Waals surface area contributed by atoms with Gasteiger partial charge in [-0.3, -0.25) is 0 Å². The second-order valence-electron chi connectivity index (χ2n) is 5.95. The Balaban J connectivity index is 3.25. The first-order valence-electron chi connectivity index (χ1n) is 7.43. The average Bonchev–Trinajstić information content (AvgIpc) is 2.58. The van der Waals surface area contributed by atoms with Crippen molar-refractivity contribution in [3.05, 3.63) is 42.0 Å². The Morgan fingerprint density at radius 3 is 1.62 bits per heavy atom. The van der Waals surface area contributed by atoms with Gasteiger partial charge in [0.15, 0.2) is 0 Å². The lowest BCUT2D eigenvalue weighted by atomic mass is 9.91. The highest BCUT2D eigenvalue weighted by molar-refractivity contribution is 5.47. The summed E-state index contributed by atoms with van der Waals surface area (Å²) in [5.74, 6) is -36.6. The van der Waals surface area contributed by atoms with Crippen molar-refractivity contribution in [3.8, 4) is 0 Å². The van der Waals surface area contributed by atoms with E-state index < -0.39 is 48.6 Å². The van der Waals surface area contributed by atoms with E-state index in [1.54, 1.807) is 0 Å². The van der Waals surface area contributed by atoms with E-state index in [4.69, 9.17) is 0 Å². The van der Waals surface area contributed by atoms with Gasteiger partial charge in [0.25, 0.3) is 0 Å². The van der Waals surface area contributed by atoms with E-state index >= 15 is 0 Å². The van der Waals surface area contributed by atoms with Crippen LogP contribution in [0.3, 0.4) is 0 Å². The summed E-state index contributed by atoms with van der Waals surface area (Å²) in [6, 6.07) is 4.80. The monoisotopic (exact) mass is 450 g/mol. The van der Waals surface area contributed by atoms with E-state index in [2.05, 4.69) is 6.58 Å². The van der Waals surface area contributed by atoms with Crippen LogP contribution in [-0.2, 0) is 6.42 Å². The molecule has 0 heterocycles. The topological polar surface area (TPSA) is 0 Å². The molecule has 1 aromatic rings. The molecule has 0 saturated heterocycles. The molecule has 0 amide bonds. The molecule has 0 spiro atoms. The maximum absolute atomic E-state index is 13.7. The number of halogens is 13. The van der Waals surface area contributed by atoms with Crippen molar-refractivity contribution in [1.29, 1.82) is 0 Å². The molecule has 0 unspecified atom stereocenters. The van der Waals surface area contributed by atoms with Gasteiger partial charge in [-0.2, -0.15) is 57.1 Å². The molecule has 0 aliphatic carbocycles. The van der Waals surface area contributed by atoms with Gasteiger partial charge in [0.1, 0.15) is 0 Å². The standard InChI is InChI=1S/C16H11F13/c1-2-9-4-3-5-10(8-9)6-7-11(17,18)12(19,20)13(21,22)14(23,24)15(25,26)16(27,28)29/h2-5,8H,1,6-7H2. The van der Waals surface area contributed by atoms with Crippen LogP contribution < -0.4 is 0 Å². The lowest BCUT2D eigenvalue weighted by molar-refractivity contribution is -0.440. The molecule has 0 radical (unpaired) electrons. The largest absolute Gasteiger partial charge is 0.460 e. The van der Waals surface area contributed by atoms with Crippen LogP contribution in [0.5, 0.6) is 0 Å². The van der Waals surface area contributed by atoms with Crippen LogP contribution in [0.15, 0.2) is 30.8 Å². The van der Waals surface area contributed by atoms with Gasteiger partial charge in [-0.25, -0.2) is 0 Å². The molecule has 0 aliphatic heterocycles. The minimum atomic E-state index is -7.87. The van der Waals surface area contributed by atoms with Crippen molar-refractivity contribution in [1.82, 2.24) is 0 Å². The van der Waals surface area contributed by atoms with Crippen molar-refractivity contribution < 1.29 is 57.1 Å². The Morgan fingerprint density at radius 2 is 1.17 bits per heavy atom.